The molecule has 1 aliphatic carbocycles. The predicted octanol–water partition coefficient (Wildman–Crippen LogP) is 2.14. The molecular formula is C11H9F2N. The first kappa shape index (κ1) is 10.3. The summed E-state index contributed by atoms with van der Waals surface area (Å²) in [6, 6.07) is 0. The molecule has 0 aromatic rings. The number of halogens is 2. The van der Waals surface area contributed by atoms with Gasteiger partial charge in [-0.3, -0.25) is 0 Å². The maximum Gasteiger partial charge on any atom is 0.272 e. The Labute approximate surface area is 81.3 Å². The third kappa shape index (κ3) is 2.12. The fourth-order valence-corrected chi connectivity index (χ4v) is 1.03. The lowest BCUT2D eigenvalue weighted by Crippen LogP contribution is -2.14. The van der Waals surface area contributed by atoms with E-state index in [1.54, 1.807) is 0 Å². The first-order valence-electron chi connectivity index (χ1n) is 3.94. The summed E-state index contributed by atoms with van der Waals surface area (Å²) in [5.74, 6) is -0.824. The topological polar surface area (TPSA) is 26.0 Å². The van der Waals surface area contributed by atoms with E-state index in [1.165, 1.54) is 18.2 Å². The minimum Gasteiger partial charge on any atom is -0.398 e. The first-order chi connectivity index (χ1) is 6.45. The third-order valence-corrected chi connectivity index (χ3v) is 1.71. The van der Waals surface area contributed by atoms with Crippen molar-refractivity contribution < 1.29 is 8.78 Å². The van der Waals surface area contributed by atoms with Gasteiger partial charge in [0.25, 0.3) is 5.92 Å². The molecule has 0 aliphatic heterocycles. The van der Waals surface area contributed by atoms with Gasteiger partial charge >= 0.3 is 0 Å². The number of hydrogen-bond donors (Lipinski definition) is 1. The summed E-state index contributed by atoms with van der Waals surface area (Å²) >= 11 is 0. The van der Waals surface area contributed by atoms with Gasteiger partial charge in [0, 0.05) is 24.3 Å². The van der Waals surface area contributed by atoms with Crippen LogP contribution in [0.3, 0.4) is 0 Å². The van der Waals surface area contributed by atoms with Crippen molar-refractivity contribution in [2.45, 2.75) is 12.8 Å². The fraction of sp³-hybridized carbons (Fsp3) is 0.182. The monoisotopic (exact) mass is 193 g/mol. The molecule has 1 aliphatic rings. The summed E-state index contributed by atoms with van der Waals surface area (Å²) in [4.78, 5) is 0. The maximum absolute atomic E-state index is 13.0. The highest BCUT2D eigenvalue weighted by Gasteiger charge is 2.29. The van der Waals surface area contributed by atoms with Crippen LogP contribution in [0.2, 0.25) is 0 Å². The van der Waals surface area contributed by atoms with Crippen LogP contribution in [0.5, 0.6) is 0 Å². The summed E-state index contributed by atoms with van der Waals surface area (Å²) in [5.41, 5.74) is 8.12. The van der Waals surface area contributed by atoms with E-state index in [-0.39, 0.29) is 11.1 Å². The Kier molecular flexibility index (Phi) is 2.60. The molecule has 0 atom stereocenters. The standard InChI is InChI=1S/C11H9F2N/c1-3-8-4-5-9(14)6-7-10(8)11(2,12)13/h1,5-7H,14H2,2H3. The SMILES string of the molecule is C#CC1=C=CC(N)=CC=C1C(C)(F)F. The molecule has 0 spiro atoms. The van der Waals surface area contributed by atoms with Gasteiger partial charge in [0.15, 0.2) is 0 Å². The number of allylic oxidation sites excluding steroid dienone is 4. The molecule has 72 valence electrons. The molecule has 1 nitrogen and oxygen atoms in total. The van der Waals surface area contributed by atoms with Crippen LogP contribution in [0.1, 0.15) is 6.92 Å². The second-order valence-electron chi connectivity index (χ2n) is 2.94. The van der Waals surface area contributed by atoms with Crippen molar-refractivity contribution in [2.24, 2.45) is 5.73 Å². The van der Waals surface area contributed by atoms with Crippen LogP contribution in [0.25, 0.3) is 0 Å². The number of nitrogens with two attached hydrogens (primary N) is 1. The van der Waals surface area contributed by atoms with Gasteiger partial charge in [0.05, 0.1) is 5.57 Å². The van der Waals surface area contributed by atoms with E-state index >= 15 is 0 Å². The highest BCUT2D eigenvalue weighted by atomic mass is 19.3. The Bertz CT molecular complexity index is 408. The van der Waals surface area contributed by atoms with Gasteiger partial charge < -0.3 is 5.73 Å². The van der Waals surface area contributed by atoms with Crippen molar-refractivity contribution in [1.82, 2.24) is 0 Å². The maximum atomic E-state index is 13.0. The van der Waals surface area contributed by atoms with Gasteiger partial charge in [-0.2, -0.15) is 0 Å². The third-order valence-electron chi connectivity index (χ3n) is 1.71. The summed E-state index contributed by atoms with van der Waals surface area (Å²) in [6.45, 7) is 0.785. The van der Waals surface area contributed by atoms with Crippen molar-refractivity contribution in [1.29, 1.82) is 0 Å². The van der Waals surface area contributed by atoms with Gasteiger partial charge in [0.1, 0.15) is 0 Å². The lowest BCUT2D eigenvalue weighted by Gasteiger charge is -2.12. The first-order valence-corrected chi connectivity index (χ1v) is 3.94. The quantitative estimate of drug-likeness (QED) is 0.501. The zero-order chi connectivity index (χ0) is 10.8. The molecule has 0 amide bonds. The van der Waals surface area contributed by atoms with E-state index in [9.17, 15) is 8.78 Å². The second-order valence-corrected chi connectivity index (χ2v) is 2.94. The van der Waals surface area contributed by atoms with Gasteiger partial charge in [-0.05, 0) is 12.2 Å². The van der Waals surface area contributed by atoms with E-state index < -0.39 is 5.92 Å². The van der Waals surface area contributed by atoms with Gasteiger partial charge in [-0.25, -0.2) is 8.78 Å². The van der Waals surface area contributed by atoms with Crippen LogP contribution >= 0.6 is 0 Å². The molecule has 0 aromatic heterocycles. The molecule has 0 saturated heterocycles. The number of rotatable bonds is 1. The van der Waals surface area contributed by atoms with Gasteiger partial charge in [-0.15, -0.1) is 12.2 Å². The zero-order valence-corrected chi connectivity index (χ0v) is 7.64. The van der Waals surface area contributed by atoms with Crippen LogP contribution in [0, 0.1) is 12.3 Å². The summed E-state index contributed by atoms with van der Waals surface area (Å²) in [7, 11) is 0. The van der Waals surface area contributed by atoms with Crippen LogP contribution < -0.4 is 5.73 Å². The average Bonchev–Trinajstić information content (AvgIpc) is 2.25. The Morgan fingerprint density at radius 1 is 1.50 bits per heavy atom. The molecule has 1 rings (SSSR count). The molecule has 0 saturated carbocycles. The summed E-state index contributed by atoms with van der Waals surface area (Å²) < 4.78 is 26.1. The largest absolute Gasteiger partial charge is 0.398 e. The molecule has 2 N–H and O–H groups in total. The Morgan fingerprint density at radius 2 is 2.14 bits per heavy atom. The zero-order valence-electron chi connectivity index (χ0n) is 7.64. The number of hydrogen-bond acceptors (Lipinski definition) is 1. The lowest BCUT2D eigenvalue weighted by atomic mass is 10.0. The Balaban J connectivity index is 3.31. The van der Waals surface area contributed by atoms with Crippen LogP contribution in [0.4, 0.5) is 8.78 Å². The van der Waals surface area contributed by atoms with Crippen LogP contribution in [0.15, 0.2) is 40.8 Å². The van der Waals surface area contributed by atoms with Crippen LogP contribution in [-0.4, -0.2) is 5.92 Å². The highest BCUT2D eigenvalue weighted by molar-refractivity contribution is 5.51. The Morgan fingerprint density at radius 3 is 2.64 bits per heavy atom. The van der Waals surface area contributed by atoms with Gasteiger partial charge in [0.2, 0.25) is 0 Å². The lowest BCUT2D eigenvalue weighted by molar-refractivity contribution is 0.0666. The van der Waals surface area contributed by atoms with E-state index in [0.717, 1.165) is 6.92 Å². The number of alkyl halides is 2. The minimum absolute atomic E-state index is 0.0363. The van der Waals surface area contributed by atoms with E-state index in [0.29, 0.717) is 5.70 Å². The van der Waals surface area contributed by atoms with Crippen LogP contribution in [-0.2, 0) is 0 Å². The Hall–Kier alpha value is -1.78. The predicted molar refractivity (Wildman–Crippen MR) is 51.4 cm³/mol. The van der Waals surface area contributed by atoms with Crippen molar-refractivity contribution in [2.75, 3.05) is 0 Å². The highest BCUT2D eigenvalue weighted by Crippen LogP contribution is 2.29. The normalized spacial score (nSPS) is 16.3. The molecule has 14 heavy (non-hydrogen) atoms. The van der Waals surface area contributed by atoms with Crippen molar-refractivity contribution in [3.8, 4) is 12.3 Å². The summed E-state index contributed by atoms with van der Waals surface area (Å²) in [5, 5.41) is 0. The van der Waals surface area contributed by atoms with E-state index in [2.05, 4.69) is 11.7 Å². The molecule has 0 unspecified atom stereocenters. The molecule has 3 heteroatoms. The average molecular weight is 193 g/mol. The van der Waals surface area contributed by atoms with Crippen molar-refractivity contribution >= 4 is 0 Å². The number of terminal acetylenes is 1. The second kappa shape index (κ2) is 3.53. The van der Waals surface area contributed by atoms with E-state index in [1.807, 2.05) is 0 Å². The molecular weight excluding hydrogens is 184 g/mol. The molecule has 0 radical (unpaired) electrons. The molecule has 0 heterocycles. The van der Waals surface area contributed by atoms with Crippen molar-refractivity contribution in [3.63, 3.8) is 0 Å². The van der Waals surface area contributed by atoms with E-state index in [4.69, 9.17) is 12.2 Å². The molecule has 0 aromatic carbocycles. The smallest absolute Gasteiger partial charge is 0.272 e. The fourth-order valence-electron chi connectivity index (χ4n) is 1.03. The van der Waals surface area contributed by atoms with Gasteiger partial charge in [-0.1, -0.05) is 5.92 Å². The molecule has 0 fully saturated rings. The van der Waals surface area contributed by atoms with Crippen molar-refractivity contribution in [3.05, 3.63) is 40.8 Å². The molecule has 0 bridgehead atoms. The minimum atomic E-state index is -2.98. The summed E-state index contributed by atoms with van der Waals surface area (Å²) in [6.07, 6.45) is 9.08.